The Morgan fingerprint density at radius 1 is 1.11 bits per heavy atom. The highest BCUT2D eigenvalue weighted by Gasteiger charge is 2.22. The molecular formula is C23H30N4. The summed E-state index contributed by atoms with van der Waals surface area (Å²) < 4.78 is 2.18. The van der Waals surface area contributed by atoms with Gasteiger partial charge in [-0.05, 0) is 49.9 Å². The lowest BCUT2D eigenvalue weighted by Crippen LogP contribution is -2.37. The second kappa shape index (κ2) is 7.35. The molecule has 0 radical (unpaired) electrons. The number of nitrogens with zero attached hydrogens (tertiary/aromatic N) is 3. The van der Waals surface area contributed by atoms with E-state index in [9.17, 15) is 0 Å². The lowest BCUT2D eigenvalue weighted by atomic mass is 9.99. The summed E-state index contributed by atoms with van der Waals surface area (Å²) in [6.07, 6.45) is 5.90. The van der Waals surface area contributed by atoms with E-state index in [1.165, 1.54) is 36.1 Å². The van der Waals surface area contributed by atoms with E-state index in [4.69, 9.17) is 10.7 Å². The van der Waals surface area contributed by atoms with Crippen molar-refractivity contribution in [2.75, 3.05) is 12.3 Å². The van der Waals surface area contributed by atoms with Gasteiger partial charge in [-0.15, -0.1) is 0 Å². The highest BCUT2D eigenvalue weighted by atomic mass is 15.2. The molecule has 2 N–H and O–H groups in total. The fraction of sp³-hybridized carbons (Fsp3) is 0.435. The molecule has 2 aromatic heterocycles. The van der Waals surface area contributed by atoms with E-state index in [0.29, 0.717) is 12.0 Å². The molecule has 3 heterocycles. The van der Waals surface area contributed by atoms with Crippen molar-refractivity contribution in [3.63, 3.8) is 0 Å². The number of imidazole rings is 1. The zero-order valence-electron chi connectivity index (χ0n) is 16.7. The van der Waals surface area contributed by atoms with E-state index in [0.717, 1.165) is 30.1 Å². The molecule has 142 valence electrons. The van der Waals surface area contributed by atoms with Gasteiger partial charge in [0.1, 0.15) is 5.65 Å². The summed E-state index contributed by atoms with van der Waals surface area (Å²) in [7, 11) is 0. The van der Waals surface area contributed by atoms with E-state index in [-0.39, 0.29) is 0 Å². The molecule has 4 nitrogen and oxygen atoms in total. The van der Waals surface area contributed by atoms with E-state index < -0.39 is 0 Å². The van der Waals surface area contributed by atoms with Gasteiger partial charge in [0, 0.05) is 30.0 Å². The predicted molar refractivity (Wildman–Crippen MR) is 113 cm³/mol. The van der Waals surface area contributed by atoms with Gasteiger partial charge in [0.05, 0.1) is 11.4 Å². The summed E-state index contributed by atoms with van der Waals surface area (Å²) in [6, 6.07) is 13.4. The van der Waals surface area contributed by atoms with Crippen LogP contribution in [0.5, 0.6) is 0 Å². The first-order valence-electron chi connectivity index (χ1n) is 10.1. The van der Waals surface area contributed by atoms with Crippen LogP contribution in [-0.4, -0.2) is 26.9 Å². The standard InChI is InChI=1S/C23H30N4/c1-16(2)18-7-9-19(10-8-18)23-21(15-26-13-5-4-6-17(26)3)27-14-20(24)11-12-22(27)25-23/h7-12,14,16-17H,4-6,13,15,24H2,1-3H3. The molecule has 1 aromatic carbocycles. The van der Waals surface area contributed by atoms with Crippen LogP contribution in [0, 0.1) is 0 Å². The van der Waals surface area contributed by atoms with Crippen LogP contribution in [0.4, 0.5) is 5.69 Å². The van der Waals surface area contributed by atoms with Gasteiger partial charge in [0.2, 0.25) is 0 Å². The summed E-state index contributed by atoms with van der Waals surface area (Å²) in [4.78, 5) is 7.56. The summed E-state index contributed by atoms with van der Waals surface area (Å²) in [5, 5.41) is 0. The van der Waals surface area contributed by atoms with Crippen molar-refractivity contribution in [3.8, 4) is 11.3 Å². The lowest BCUT2D eigenvalue weighted by molar-refractivity contribution is 0.151. The van der Waals surface area contributed by atoms with Gasteiger partial charge in [-0.3, -0.25) is 4.90 Å². The molecule has 27 heavy (non-hydrogen) atoms. The number of likely N-dealkylation sites (tertiary alicyclic amines) is 1. The summed E-state index contributed by atoms with van der Waals surface area (Å²) in [5.74, 6) is 0.536. The topological polar surface area (TPSA) is 46.6 Å². The Morgan fingerprint density at radius 2 is 1.89 bits per heavy atom. The monoisotopic (exact) mass is 362 g/mol. The average molecular weight is 363 g/mol. The molecule has 0 bridgehead atoms. The SMILES string of the molecule is CC(C)c1ccc(-c2nc3ccc(N)cn3c2CN2CCCCC2C)cc1. The molecule has 1 unspecified atom stereocenters. The van der Waals surface area contributed by atoms with Gasteiger partial charge in [-0.25, -0.2) is 4.98 Å². The van der Waals surface area contributed by atoms with E-state index in [1.807, 2.05) is 18.3 Å². The number of aromatic nitrogens is 2. The first-order chi connectivity index (χ1) is 13.0. The number of piperidine rings is 1. The number of nitrogen functional groups attached to an aromatic ring is 1. The fourth-order valence-electron chi connectivity index (χ4n) is 4.10. The zero-order chi connectivity index (χ0) is 19.0. The number of fused-ring (bicyclic) bond motifs is 1. The van der Waals surface area contributed by atoms with Crippen LogP contribution in [-0.2, 0) is 6.54 Å². The van der Waals surface area contributed by atoms with Crippen molar-refractivity contribution in [1.29, 1.82) is 0 Å². The van der Waals surface area contributed by atoms with Crippen molar-refractivity contribution in [1.82, 2.24) is 14.3 Å². The van der Waals surface area contributed by atoms with Crippen LogP contribution >= 0.6 is 0 Å². The third kappa shape index (κ3) is 3.59. The van der Waals surface area contributed by atoms with Crippen LogP contribution in [0.3, 0.4) is 0 Å². The van der Waals surface area contributed by atoms with Crippen molar-refractivity contribution >= 4 is 11.3 Å². The molecule has 1 saturated heterocycles. The minimum Gasteiger partial charge on any atom is -0.398 e. The molecule has 4 heteroatoms. The molecule has 0 amide bonds. The molecule has 4 rings (SSSR count). The van der Waals surface area contributed by atoms with Gasteiger partial charge >= 0.3 is 0 Å². The van der Waals surface area contributed by atoms with Crippen molar-refractivity contribution < 1.29 is 0 Å². The second-order valence-corrected chi connectivity index (χ2v) is 8.19. The lowest BCUT2D eigenvalue weighted by Gasteiger charge is -2.33. The average Bonchev–Trinajstić information content (AvgIpc) is 3.01. The minimum absolute atomic E-state index is 0.536. The van der Waals surface area contributed by atoms with Crippen molar-refractivity contribution in [2.24, 2.45) is 0 Å². The molecule has 1 aliphatic heterocycles. The third-order valence-corrected chi connectivity index (χ3v) is 5.88. The maximum absolute atomic E-state index is 6.09. The Morgan fingerprint density at radius 3 is 2.59 bits per heavy atom. The quantitative estimate of drug-likeness (QED) is 0.704. The van der Waals surface area contributed by atoms with Crippen molar-refractivity contribution in [2.45, 2.75) is 58.5 Å². The number of hydrogen-bond donors (Lipinski definition) is 1. The first-order valence-corrected chi connectivity index (χ1v) is 10.1. The van der Waals surface area contributed by atoms with Gasteiger partial charge in [-0.2, -0.15) is 0 Å². The minimum atomic E-state index is 0.536. The summed E-state index contributed by atoms with van der Waals surface area (Å²) >= 11 is 0. The number of hydrogen-bond acceptors (Lipinski definition) is 3. The Balaban J connectivity index is 1.79. The first kappa shape index (κ1) is 18.1. The highest BCUT2D eigenvalue weighted by Crippen LogP contribution is 2.29. The highest BCUT2D eigenvalue weighted by molar-refractivity contribution is 5.67. The molecule has 1 aliphatic rings. The Hall–Kier alpha value is -2.33. The number of pyridine rings is 1. The number of rotatable bonds is 4. The normalized spacial score (nSPS) is 18.4. The van der Waals surface area contributed by atoms with Crippen LogP contribution in [0.1, 0.15) is 57.2 Å². The molecular weight excluding hydrogens is 332 g/mol. The van der Waals surface area contributed by atoms with Gasteiger partial charge in [-0.1, -0.05) is 44.5 Å². The molecule has 0 spiro atoms. The maximum Gasteiger partial charge on any atom is 0.137 e. The molecule has 0 saturated carbocycles. The van der Waals surface area contributed by atoms with Gasteiger partial charge in [0.25, 0.3) is 0 Å². The Labute approximate surface area is 162 Å². The molecule has 1 fully saturated rings. The maximum atomic E-state index is 6.09. The van der Waals surface area contributed by atoms with Gasteiger partial charge < -0.3 is 10.1 Å². The summed E-state index contributed by atoms with van der Waals surface area (Å²) in [6.45, 7) is 8.86. The Bertz CT molecular complexity index is 923. The number of anilines is 1. The zero-order valence-corrected chi connectivity index (χ0v) is 16.7. The molecule has 0 aliphatic carbocycles. The van der Waals surface area contributed by atoms with Gasteiger partial charge in [0.15, 0.2) is 0 Å². The van der Waals surface area contributed by atoms with Crippen LogP contribution in [0.15, 0.2) is 42.6 Å². The molecule has 1 atom stereocenters. The molecule has 3 aromatic rings. The largest absolute Gasteiger partial charge is 0.398 e. The summed E-state index contributed by atoms with van der Waals surface area (Å²) in [5.41, 5.74) is 12.7. The van der Waals surface area contributed by atoms with E-state index in [2.05, 4.69) is 54.3 Å². The van der Waals surface area contributed by atoms with Crippen LogP contribution in [0.25, 0.3) is 16.9 Å². The third-order valence-electron chi connectivity index (χ3n) is 5.88. The number of benzene rings is 1. The number of nitrogens with two attached hydrogens (primary N) is 1. The fourth-order valence-corrected chi connectivity index (χ4v) is 4.10. The van der Waals surface area contributed by atoms with E-state index in [1.54, 1.807) is 0 Å². The van der Waals surface area contributed by atoms with Crippen LogP contribution in [0.2, 0.25) is 0 Å². The van der Waals surface area contributed by atoms with Crippen molar-refractivity contribution in [3.05, 3.63) is 53.9 Å². The smallest absolute Gasteiger partial charge is 0.137 e. The van der Waals surface area contributed by atoms with Crippen LogP contribution < -0.4 is 5.73 Å². The predicted octanol–water partition coefficient (Wildman–Crippen LogP) is 5.08. The Kier molecular flexibility index (Phi) is 4.92. The van der Waals surface area contributed by atoms with E-state index >= 15 is 0 Å². The second-order valence-electron chi connectivity index (χ2n) is 8.19.